The molecule has 1 unspecified atom stereocenters. The van der Waals surface area contributed by atoms with E-state index in [1.165, 1.54) is 0 Å². The molecule has 0 rings (SSSR count). The van der Waals surface area contributed by atoms with Crippen LogP contribution in [0.25, 0.3) is 0 Å². The zero-order valence-electron chi connectivity index (χ0n) is 8.20. The van der Waals surface area contributed by atoms with E-state index in [1.807, 2.05) is 35.1 Å². The third-order valence-electron chi connectivity index (χ3n) is 1.74. The Labute approximate surface area is 69.6 Å². The van der Waals surface area contributed by atoms with Crippen molar-refractivity contribution in [2.75, 3.05) is 28.2 Å². The first-order valence-corrected chi connectivity index (χ1v) is 3.96. The van der Waals surface area contributed by atoms with Gasteiger partial charge in [0.15, 0.2) is 0 Å². The van der Waals surface area contributed by atoms with Crippen LogP contribution in [0.1, 0.15) is 13.3 Å². The zero-order chi connectivity index (χ0) is 9.02. The van der Waals surface area contributed by atoms with Crippen molar-refractivity contribution in [3.8, 4) is 0 Å². The van der Waals surface area contributed by atoms with Crippen LogP contribution in [0.15, 0.2) is 0 Å². The summed E-state index contributed by atoms with van der Waals surface area (Å²) in [7, 11) is 8.08. The molecule has 0 saturated heterocycles. The molecule has 0 aliphatic rings. The lowest BCUT2D eigenvalue weighted by Gasteiger charge is -2.31. The Bertz CT molecular complexity index is 94.3. The molecule has 0 saturated carbocycles. The molecule has 0 aromatic rings. The molecule has 0 fully saturated rings. The minimum Gasteiger partial charge on any atom is -0.393 e. The molecule has 0 bridgehead atoms. The molecule has 11 heavy (non-hydrogen) atoms. The van der Waals surface area contributed by atoms with Crippen LogP contribution < -0.4 is 0 Å². The van der Waals surface area contributed by atoms with Crippen LogP contribution in [-0.4, -0.2) is 55.4 Å². The van der Waals surface area contributed by atoms with Crippen molar-refractivity contribution < 1.29 is 5.11 Å². The van der Waals surface area contributed by atoms with Gasteiger partial charge >= 0.3 is 0 Å². The van der Waals surface area contributed by atoms with Gasteiger partial charge in [-0.15, -0.1) is 0 Å². The van der Waals surface area contributed by atoms with Crippen molar-refractivity contribution in [3.05, 3.63) is 0 Å². The van der Waals surface area contributed by atoms with Crippen LogP contribution in [0.2, 0.25) is 0 Å². The van der Waals surface area contributed by atoms with Gasteiger partial charge in [0, 0.05) is 6.42 Å². The lowest BCUT2D eigenvalue weighted by atomic mass is 10.2. The van der Waals surface area contributed by atoms with E-state index < -0.39 is 0 Å². The fourth-order valence-corrected chi connectivity index (χ4v) is 1.19. The SMILES string of the molecule is CC(O)CC(N(C)C)N(C)C. The normalized spacial score (nSPS) is 15.0. The number of nitrogens with zero attached hydrogens (tertiary/aromatic N) is 2. The Morgan fingerprint density at radius 1 is 1.09 bits per heavy atom. The van der Waals surface area contributed by atoms with Crippen LogP contribution >= 0.6 is 0 Å². The minimum atomic E-state index is -0.232. The Kier molecular flexibility index (Phi) is 4.65. The Morgan fingerprint density at radius 2 is 1.45 bits per heavy atom. The quantitative estimate of drug-likeness (QED) is 0.595. The number of aliphatic hydroxyl groups is 1. The predicted molar refractivity (Wildman–Crippen MR) is 47.5 cm³/mol. The fraction of sp³-hybridized carbons (Fsp3) is 1.00. The first kappa shape index (κ1) is 10.9. The molecule has 0 aliphatic carbocycles. The monoisotopic (exact) mass is 160 g/mol. The summed E-state index contributed by atoms with van der Waals surface area (Å²) in [5, 5.41) is 9.17. The van der Waals surface area contributed by atoms with Crippen molar-refractivity contribution in [1.82, 2.24) is 9.80 Å². The average molecular weight is 160 g/mol. The molecule has 1 atom stereocenters. The highest BCUT2D eigenvalue weighted by Crippen LogP contribution is 2.05. The minimum absolute atomic E-state index is 0.232. The molecule has 3 heteroatoms. The second-order valence-corrected chi connectivity index (χ2v) is 3.49. The van der Waals surface area contributed by atoms with E-state index in [-0.39, 0.29) is 6.10 Å². The van der Waals surface area contributed by atoms with Gasteiger partial charge in [0.2, 0.25) is 0 Å². The fourth-order valence-electron chi connectivity index (χ4n) is 1.19. The van der Waals surface area contributed by atoms with E-state index >= 15 is 0 Å². The molecule has 0 spiro atoms. The lowest BCUT2D eigenvalue weighted by molar-refractivity contribution is 0.0653. The van der Waals surface area contributed by atoms with E-state index in [0.29, 0.717) is 6.17 Å². The second kappa shape index (κ2) is 4.70. The number of hydrogen-bond donors (Lipinski definition) is 1. The molecule has 0 amide bonds. The van der Waals surface area contributed by atoms with E-state index in [4.69, 9.17) is 5.11 Å². The van der Waals surface area contributed by atoms with Crippen molar-refractivity contribution in [2.45, 2.75) is 25.6 Å². The van der Waals surface area contributed by atoms with Gasteiger partial charge in [0.05, 0.1) is 12.3 Å². The molecule has 0 radical (unpaired) electrons. The maximum absolute atomic E-state index is 9.17. The van der Waals surface area contributed by atoms with Gasteiger partial charge in [-0.05, 0) is 35.1 Å². The van der Waals surface area contributed by atoms with Gasteiger partial charge in [-0.3, -0.25) is 9.80 Å². The van der Waals surface area contributed by atoms with Gasteiger partial charge in [-0.1, -0.05) is 0 Å². The summed E-state index contributed by atoms with van der Waals surface area (Å²) in [4.78, 5) is 4.21. The third-order valence-corrected chi connectivity index (χ3v) is 1.74. The Morgan fingerprint density at radius 3 is 1.55 bits per heavy atom. The summed E-state index contributed by atoms with van der Waals surface area (Å²) in [6.45, 7) is 1.82. The third kappa shape index (κ3) is 4.35. The van der Waals surface area contributed by atoms with Gasteiger partial charge in [0.25, 0.3) is 0 Å². The molecule has 0 aromatic heterocycles. The summed E-state index contributed by atoms with van der Waals surface area (Å²) in [6, 6.07) is 0. The largest absolute Gasteiger partial charge is 0.393 e. The van der Waals surface area contributed by atoms with Crippen molar-refractivity contribution >= 4 is 0 Å². The van der Waals surface area contributed by atoms with Gasteiger partial charge in [-0.25, -0.2) is 0 Å². The predicted octanol–water partition coefficient (Wildman–Crippen LogP) is 0.207. The maximum Gasteiger partial charge on any atom is 0.0637 e. The van der Waals surface area contributed by atoms with E-state index in [2.05, 4.69) is 9.80 Å². The van der Waals surface area contributed by atoms with Crippen LogP contribution in [0.3, 0.4) is 0 Å². The number of hydrogen-bond acceptors (Lipinski definition) is 3. The average Bonchev–Trinajstić information content (AvgIpc) is 1.81. The standard InChI is InChI=1S/C8H20N2O/c1-7(11)6-8(9(2)3)10(4)5/h7-8,11H,6H2,1-5H3. The Hall–Kier alpha value is -0.120. The van der Waals surface area contributed by atoms with Crippen LogP contribution in [-0.2, 0) is 0 Å². The molecule has 1 N–H and O–H groups in total. The number of aliphatic hydroxyl groups excluding tert-OH is 1. The van der Waals surface area contributed by atoms with Gasteiger partial charge in [0.1, 0.15) is 0 Å². The number of rotatable bonds is 4. The summed E-state index contributed by atoms with van der Waals surface area (Å²) in [5.74, 6) is 0. The van der Waals surface area contributed by atoms with E-state index in [0.717, 1.165) is 6.42 Å². The van der Waals surface area contributed by atoms with Gasteiger partial charge in [-0.2, -0.15) is 0 Å². The summed E-state index contributed by atoms with van der Waals surface area (Å²) < 4.78 is 0. The molecule has 0 heterocycles. The second-order valence-electron chi connectivity index (χ2n) is 3.49. The first-order valence-electron chi connectivity index (χ1n) is 3.96. The van der Waals surface area contributed by atoms with E-state index in [1.54, 1.807) is 0 Å². The highest BCUT2D eigenvalue weighted by atomic mass is 16.3. The zero-order valence-corrected chi connectivity index (χ0v) is 8.20. The van der Waals surface area contributed by atoms with Crippen LogP contribution in [0.4, 0.5) is 0 Å². The van der Waals surface area contributed by atoms with Crippen LogP contribution in [0.5, 0.6) is 0 Å². The molecule has 68 valence electrons. The van der Waals surface area contributed by atoms with Gasteiger partial charge < -0.3 is 5.11 Å². The highest BCUT2D eigenvalue weighted by Gasteiger charge is 2.15. The van der Waals surface area contributed by atoms with Crippen molar-refractivity contribution in [1.29, 1.82) is 0 Å². The molecule has 3 nitrogen and oxygen atoms in total. The maximum atomic E-state index is 9.17. The summed E-state index contributed by atoms with van der Waals surface area (Å²) >= 11 is 0. The topological polar surface area (TPSA) is 26.7 Å². The molecular weight excluding hydrogens is 140 g/mol. The Balaban J connectivity index is 3.90. The summed E-state index contributed by atoms with van der Waals surface area (Å²) in [6.07, 6.45) is 0.889. The molecule has 0 aliphatic heterocycles. The highest BCUT2D eigenvalue weighted by molar-refractivity contribution is 4.65. The molecule has 0 aromatic carbocycles. The summed E-state index contributed by atoms with van der Waals surface area (Å²) in [5.41, 5.74) is 0. The van der Waals surface area contributed by atoms with Crippen molar-refractivity contribution in [2.24, 2.45) is 0 Å². The van der Waals surface area contributed by atoms with Crippen molar-refractivity contribution in [3.63, 3.8) is 0 Å². The molecular formula is C8H20N2O. The lowest BCUT2D eigenvalue weighted by Crippen LogP contribution is -2.42. The first-order chi connectivity index (χ1) is 4.95. The van der Waals surface area contributed by atoms with Crippen LogP contribution in [0, 0.1) is 0 Å². The van der Waals surface area contributed by atoms with E-state index in [9.17, 15) is 0 Å². The smallest absolute Gasteiger partial charge is 0.0637 e.